The average Bonchev–Trinajstić information content (AvgIpc) is 2.71. The van der Waals surface area contributed by atoms with Crippen LogP contribution in [-0.4, -0.2) is 16.2 Å². The molecule has 0 atom stereocenters. The number of rotatable bonds is 1. The number of allylic oxidation sites excluding steroid dienone is 2. The van der Waals surface area contributed by atoms with Crippen LogP contribution in [0.2, 0.25) is 0 Å². The largest absolute Gasteiger partial charge is 0.494 e. The summed E-state index contributed by atoms with van der Waals surface area (Å²) in [6.45, 7) is 0. The molecule has 0 spiro atoms. The lowest BCUT2D eigenvalue weighted by molar-refractivity contribution is 0.153. The van der Waals surface area contributed by atoms with Crippen LogP contribution in [0.15, 0.2) is 24.2 Å². The summed E-state index contributed by atoms with van der Waals surface area (Å²) in [6, 6.07) is 0.515. The van der Waals surface area contributed by atoms with E-state index in [0.29, 0.717) is 11.9 Å². The highest BCUT2D eigenvalue weighted by Crippen LogP contribution is 2.28. The zero-order valence-electron chi connectivity index (χ0n) is 5.62. The molecule has 1 aliphatic carbocycles. The SMILES string of the molecule is OC1=CC=CNN1C1CC1. The Balaban J connectivity index is 2.08. The third kappa shape index (κ3) is 0.835. The third-order valence-corrected chi connectivity index (χ3v) is 1.71. The molecule has 3 nitrogen and oxygen atoms in total. The van der Waals surface area contributed by atoms with Crippen molar-refractivity contribution in [3.63, 3.8) is 0 Å². The van der Waals surface area contributed by atoms with E-state index in [1.54, 1.807) is 17.2 Å². The van der Waals surface area contributed by atoms with E-state index in [-0.39, 0.29) is 0 Å². The number of aliphatic hydroxyl groups is 1. The van der Waals surface area contributed by atoms with Crippen molar-refractivity contribution in [2.45, 2.75) is 18.9 Å². The third-order valence-electron chi connectivity index (χ3n) is 1.71. The standard InChI is InChI=1S/C7H10N2O/c10-7-2-1-5-8-9(7)6-3-4-6/h1-2,5-6,8,10H,3-4H2. The Labute approximate surface area is 59.6 Å². The average molecular weight is 138 g/mol. The highest BCUT2D eigenvalue weighted by molar-refractivity contribution is 5.11. The van der Waals surface area contributed by atoms with Crippen LogP contribution in [0, 0.1) is 0 Å². The number of aliphatic hydroxyl groups excluding tert-OH is 1. The van der Waals surface area contributed by atoms with E-state index in [9.17, 15) is 5.11 Å². The second-order valence-corrected chi connectivity index (χ2v) is 2.61. The molecule has 2 aliphatic rings. The highest BCUT2D eigenvalue weighted by Gasteiger charge is 2.30. The predicted octanol–water partition coefficient (Wildman–Crippen LogP) is 0.882. The maximum absolute atomic E-state index is 9.25. The number of hydrogen-bond acceptors (Lipinski definition) is 3. The van der Waals surface area contributed by atoms with Crippen LogP contribution in [0.3, 0.4) is 0 Å². The van der Waals surface area contributed by atoms with Crippen molar-refractivity contribution in [2.24, 2.45) is 0 Å². The van der Waals surface area contributed by atoms with Gasteiger partial charge in [-0.05, 0) is 18.9 Å². The first-order valence-corrected chi connectivity index (χ1v) is 3.49. The van der Waals surface area contributed by atoms with Gasteiger partial charge in [-0.1, -0.05) is 0 Å². The molecule has 3 heteroatoms. The molecule has 1 fully saturated rings. The lowest BCUT2D eigenvalue weighted by Gasteiger charge is -2.24. The molecule has 0 radical (unpaired) electrons. The highest BCUT2D eigenvalue weighted by atomic mass is 16.3. The molecule has 0 aromatic carbocycles. The Kier molecular flexibility index (Phi) is 1.09. The molecule has 0 bridgehead atoms. The molecular formula is C7H10N2O. The van der Waals surface area contributed by atoms with Crippen LogP contribution in [0.1, 0.15) is 12.8 Å². The monoisotopic (exact) mass is 138 g/mol. The van der Waals surface area contributed by atoms with Gasteiger partial charge in [0.2, 0.25) is 5.88 Å². The zero-order valence-corrected chi connectivity index (χ0v) is 5.62. The first kappa shape index (κ1) is 5.65. The zero-order chi connectivity index (χ0) is 6.97. The summed E-state index contributed by atoms with van der Waals surface area (Å²) in [7, 11) is 0. The van der Waals surface area contributed by atoms with Crippen LogP contribution in [-0.2, 0) is 0 Å². The maximum atomic E-state index is 9.25. The first-order valence-electron chi connectivity index (χ1n) is 3.49. The van der Waals surface area contributed by atoms with Crippen molar-refractivity contribution in [3.8, 4) is 0 Å². The second-order valence-electron chi connectivity index (χ2n) is 2.61. The number of nitrogens with one attached hydrogen (secondary N) is 1. The molecule has 1 heterocycles. The summed E-state index contributed by atoms with van der Waals surface area (Å²) in [5, 5.41) is 11.0. The van der Waals surface area contributed by atoms with Gasteiger partial charge in [0.15, 0.2) is 0 Å². The molecule has 0 saturated heterocycles. The maximum Gasteiger partial charge on any atom is 0.206 e. The van der Waals surface area contributed by atoms with Crippen molar-refractivity contribution in [3.05, 3.63) is 24.2 Å². The van der Waals surface area contributed by atoms with Gasteiger partial charge in [0.05, 0.1) is 6.04 Å². The van der Waals surface area contributed by atoms with Gasteiger partial charge < -0.3 is 10.5 Å². The Bertz CT molecular complexity index is 194. The molecule has 2 N–H and O–H groups in total. The van der Waals surface area contributed by atoms with E-state index in [1.165, 1.54) is 12.8 Å². The summed E-state index contributed by atoms with van der Waals surface area (Å²) in [4.78, 5) is 0. The van der Waals surface area contributed by atoms with Gasteiger partial charge >= 0.3 is 0 Å². The summed E-state index contributed by atoms with van der Waals surface area (Å²) >= 11 is 0. The lowest BCUT2D eigenvalue weighted by atomic mass is 10.4. The topological polar surface area (TPSA) is 35.5 Å². The molecule has 0 amide bonds. The van der Waals surface area contributed by atoms with E-state index in [4.69, 9.17) is 0 Å². The fourth-order valence-corrected chi connectivity index (χ4v) is 1.03. The van der Waals surface area contributed by atoms with Gasteiger partial charge in [0, 0.05) is 12.3 Å². The van der Waals surface area contributed by atoms with Crippen LogP contribution in [0.25, 0.3) is 0 Å². The fourth-order valence-electron chi connectivity index (χ4n) is 1.03. The van der Waals surface area contributed by atoms with E-state index < -0.39 is 0 Å². The van der Waals surface area contributed by atoms with Gasteiger partial charge in [-0.15, -0.1) is 0 Å². The molecule has 1 saturated carbocycles. The molecule has 1 aliphatic heterocycles. The Morgan fingerprint density at radius 2 is 2.40 bits per heavy atom. The summed E-state index contributed by atoms with van der Waals surface area (Å²) in [5.74, 6) is 0.324. The van der Waals surface area contributed by atoms with Gasteiger partial charge in [0.1, 0.15) is 0 Å². The Morgan fingerprint density at radius 1 is 1.60 bits per heavy atom. The van der Waals surface area contributed by atoms with Crippen LogP contribution < -0.4 is 5.43 Å². The molecule has 54 valence electrons. The molecule has 0 unspecified atom stereocenters. The normalized spacial score (nSPS) is 24.0. The first-order chi connectivity index (χ1) is 4.88. The van der Waals surface area contributed by atoms with Gasteiger partial charge in [0.25, 0.3) is 0 Å². The molecule has 2 rings (SSSR count). The smallest absolute Gasteiger partial charge is 0.206 e. The minimum absolute atomic E-state index is 0.324. The Hall–Kier alpha value is -1.12. The number of hydrazine groups is 1. The second kappa shape index (κ2) is 1.94. The molecule has 0 aromatic rings. The van der Waals surface area contributed by atoms with E-state index in [1.807, 2.05) is 6.20 Å². The Morgan fingerprint density at radius 3 is 3.00 bits per heavy atom. The van der Waals surface area contributed by atoms with Crippen molar-refractivity contribution in [2.75, 3.05) is 0 Å². The van der Waals surface area contributed by atoms with Crippen molar-refractivity contribution < 1.29 is 5.11 Å². The van der Waals surface area contributed by atoms with Crippen LogP contribution >= 0.6 is 0 Å². The molecule has 10 heavy (non-hydrogen) atoms. The predicted molar refractivity (Wildman–Crippen MR) is 37.8 cm³/mol. The van der Waals surface area contributed by atoms with Gasteiger partial charge in [-0.25, -0.2) is 0 Å². The van der Waals surface area contributed by atoms with Crippen molar-refractivity contribution >= 4 is 0 Å². The van der Waals surface area contributed by atoms with E-state index >= 15 is 0 Å². The van der Waals surface area contributed by atoms with Crippen molar-refractivity contribution in [1.29, 1.82) is 0 Å². The van der Waals surface area contributed by atoms with Crippen LogP contribution in [0.5, 0.6) is 0 Å². The minimum atomic E-state index is 0.324. The van der Waals surface area contributed by atoms with E-state index in [0.717, 1.165) is 0 Å². The fraction of sp³-hybridized carbons (Fsp3) is 0.429. The minimum Gasteiger partial charge on any atom is -0.494 e. The van der Waals surface area contributed by atoms with Gasteiger partial charge in [-0.2, -0.15) is 0 Å². The van der Waals surface area contributed by atoms with Crippen LogP contribution in [0.4, 0.5) is 0 Å². The lowest BCUT2D eigenvalue weighted by Crippen LogP contribution is -2.36. The number of hydrogen-bond donors (Lipinski definition) is 2. The quantitative estimate of drug-likeness (QED) is 0.564. The molecule has 0 aromatic heterocycles. The summed E-state index contributed by atoms with van der Waals surface area (Å²) < 4.78 is 0. The summed E-state index contributed by atoms with van der Waals surface area (Å²) in [6.07, 6.45) is 7.65. The summed E-state index contributed by atoms with van der Waals surface area (Å²) in [5.41, 5.74) is 2.97. The number of nitrogens with zero attached hydrogens (tertiary/aromatic N) is 1. The van der Waals surface area contributed by atoms with Crippen molar-refractivity contribution in [1.82, 2.24) is 10.4 Å². The molecular weight excluding hydrogens is 128 g/mol. The van der Waals surface area contributed by atoms with Gasteiger partial charge in [-0.3, -0.25) is 5.01 Å². The van der Waals surface area contributed by atoms with E-state index in [2.05, 4.69) is 5.43 Å².